The van der Waals surface area contributed by atoms with Crippen molar-refractivity contribution in [1.29, 1.82) is 0 Å². The summed E-state index contributed by atoms with van der Waals surface area (Å²) in [6.45, 7) is 1.72. The van der Waals surface area contributed by atoms with E-state index < -0.39 is 6.10 Å². The summed E-state index contributed by atoms with van der Waals surface area (Å²) < 4.78 is 4.74. The van der Waals surface area contributed by atoms with Crippen LogP contribution in [-0.4, -0.2) is 19.4 Å². The summed E-state index contributed by atoms with van der Waals surface area (Å²) in [5.41, 5.74) is 0.817. The van der Waals surface area contributed by atoms with Gasteiger partial charge in [0, 0.05) is 11.8 Å². The SMILES string of the molecule is C[C@@H](O)c1cccnc1Sc1ncns1. The number of aliphatic hydroxyl groups excluding tert-OH is 1. The van der Waals surface area contributed by atoms with Crippen LogP contribution in [0.4, 0.5) is 0 Å². The zero-order valence-electron chi connectivity index (χ0n) is 7.99. The quantitative estimate of drug-likeness (QED) is 0.889. The summed E-state index contributed by atoms with van der Waals surface area (Å²) in [5.74, 6) is 0. The van der Waals surface area contributed by atoms with Gasteiger partial charge in [-0.3, -0.25) is 0 Å². The Bertz CT molecular complexity index is 431. The van der Waals surface area contributed by atoms with E-state index in [2.05, 4.69) is 14.3 Å². The Morgan fingerprint density at radius 2 is 2.33 bits per heavy atom. The monoisotopic (exact) mass is 239 g/mol. The van der Waals surface area contributed by atoms with E-state index in [-0.39, 0.29) is 0 Å². The normalized spacial score (nSPS) is 12.7. The van der Waals surface area contributed by atoms with Crippen molar-refractivity contribution in [2.45, 2.75) is 22.4 Å². The van der Waals surface area contributed by atoms with Crippen LogP contribution in [0.3, 0.4) is 0 Å². The van der Waals surface area contributed by atoms with Crippen LogP contribution in [0.15, 0.2) is 34.0 Å². The smallest absolute Gasteiger partial charge is 0.176 e. The molecule has 6 heteroatoms. The predicted octanol–water partition coefficient (Wildman–Crippen LogP) is 2.14. The van der Waals surface area contributed by atoms with Gasteiger partial charge in [0.1, 0.15) is 11.4 Å². The maximum atomic E-state index is 9.55. The molecule has 0 aliphatic carbocycles. The minimum absolute atomic E-state index is 0.519. The molecule has 78 valence electrons. The highest BCUT2D eigenvalue weighted by atomic mass is 32.2. The van der Waals surface area contributed by atoms with E-state index in [0.29, 0.717) is 0 Å². The summed E-state index contributed by atoms with van der Waals surface area (Å²) in [5, 5.41) is 10.3. The Balaban J connectivity index is 2.28. The van der Waals surface area contributed by atoms with Crippen molar-refractivity contribution in [3.8, 4) is 0 Å². The fourth-order valence-corrected chi connectivity index (χ4v) is 2.63. The molecular weight excluding hydrogens is 230 g/mol. The third-order valence-electron chi connectivity index (χ3n) is 1.78. The van der Waals surface area contributed by atoms with Gasteiger partial charge in [-0.2, -0.15) is 4.37 Å². The number of aliphatic hydroxyl groups is 1. The number of hydrogen-bond acceptors (Lipinski definition) is 6. The maximum absolute atomic E-state index is 9.55. The Labute approximate surface area is 95.6 Å². The second-order valence-electron chi connectivity index (χ2n) is 2.88. The molecule has 0 aliphatic rings. The molecule has 2 aromatic heterocycles. The van der Waals surface area contributed by atoms with E-state index in [0.717, 1.165) is 14.9 Å². The van der Waals surface area contributed by atoms with Gasteiger partial charge in [-0.25, -0.2) is 9.97 Å². The number of pyridine rings is 1. The molecule has 2 heterocycles. The second kappa shape index (κ2) is 4.69. The topological polar surface area (TPSA) is 58.9 Å². The zero-order valence-corrected chi connectivity index (χ0v) is 9.63. The molecule has 15 heavy (non-hydrogen) atoms. The molecule has 0 aromatic carbocycles. The Morgan fingerprint density at radius 1 is 1.47 bits per heavy atom. The minimum Gasteiger partial charge on any atom is -0.389 e. The lowest BCUT2D eigenvalue weighted by atomic mass is 10.2. The molecule has 0 unspecified atom stereocenters. The molecule has 0 fully saturated rings. The second-order valence-corrected chi connectivity index (χ2v) is 4.90. The lowest BCUT2D eigenvalue weighted by molar-refractivity contribution is 0.195. The molecule has 1 atom stereocenters. The van der Waals surface area contributed by atoms with Gasteiger partial charge in [0.05, 0.1) is 6.10 Å². The minimum atomic E-state index is -0.519. The molecule has 0 bridgehead atoms. The van der Waals surface area contributed by atoms with Crippen LogP contribution in [0.25, 0.3) is 0 Å². The first-order valence-electron chi connectivity index (χ1n) is 4.35. The van der Waals surface area contributed by atoms with Gasteiger partial charge in [-0.15, -0.1) is 0 Å². The van der Waals surface area contributed by atoms with E-state index >= 15 is 0 Å². The Morgan fingerprint density at radius 3 is 3.00 bits per heavy atom. The molecule has 0 amide bonds. The van der Waals surface area contributed by atoms with Gasteiger partial charge < -0.3 is 5.11 Å². The van der Waals surface area contributed by atoms with Gasteiger partial charge in [0.15, 0.2) is 4.34 Å². The summed E-state index contributed by atoms with van der Waals surface area (Å²) in [7, 11) is 0. The average Bonchev–Trinajstić information content (AvgIpc) is 2.71. The Kier molecular flexibility index (Phi) is 3.30. The highest BCUT2D eigenvalue weighted by Crippen LogP contribution is 2.31. The fraction of sp³-hybridized carbons (Fsp3) is 0.222. The van der Waals surface area contributed by atoms with Crippen LogP contribution < -0.4 is 0 Å². The number of rotatable bonds is 3. The molecule has 1 N–H and O–H groups in total. The molecule has 0 saturated carbocycles. The molecule has 0 aliphatic heterocycles. The van der Waals surface area contributed by atoms with E-state index in [1.54, 1.807) is 13.1 Å². The lowest BCUT2D eigenvalue weighted by Gasteiger charge is -2.08. The third kappa shape index (κ3) is 2.53. The van der Waals surface area contributed by atoms with Gasteiger partial charge >= 0.3 is 0 Å². The zero-order chi connectivity index (χ0) is 10.7. The highest BCUT2D eigenvalue weighted by molar-refractivity contribution is 8.00. The first kappa shape index (κ1) is 10.5. The third-order valence-corrected chi connectivity index (χ3v) is 3.53. The average molecular weight is 239 g/mol. The molecule has 0 spiro atoms. The first-order valence-corrected chi connectivity index (χ1v) is 5.94. The first-order chi connectivity index (χ1) is 7.27. The molecule has 0 radical (unpaired) electrons. The van der Waals surface area contributed by atoms with E-state index in [9.17, 15) is 5.11 Å². The van der Waals surface area contributed by atoms with Crippen LogP contribution >= 0.6 is 23.3 Å². The van der Waals surface area contributed by atoms with Crippen molar-refractivity contribution in [1.82, 2.24) is 14.3 Å². The van der Waals surface area contributed by atoms with Crippen LogP contribution in [0.5, 0.6) is 0 Å². The number of nitrogens with zero attached hydrogens (tertiary/aromatic N) is 3. The van der Waals surface area contributed by atoms with Crippen molar-refractivity contribution in [2.75, 3.05) is 0 Å². The van der Waals surface area contributed by atoms with Crippen molar-refractivity contribution in [3.05, 3.63) is 30.2 Å². The van der Waals surface area contributed by atoms with E-state index in [4.69, 9.17) is 0 Å². The number of hydrogen-bond donors (Lipinski definition) is 1. The Hall–Kier alpha value is -0.980. The summed E-state index contributed by atoms with van der Waals surface area (Å²) in [6, 6.07) is 3.67. The number of aromatic nitrogens is 3. The fourth-order valence-electron chi connectivity index (χ4n) is 1.10. The van der Waals surface area contributed by atoms with Crippen molar-refractivity contribution in [3.63, 3.8) is 0 Å². The highest BCUT2D eigenvalue weighted by Gasteiger charge is 2.11. The molecule has 2 rings (SSSR count). The van der Waals surface area contributed by atoms with Crippen LogP contribution in [0, 0.1) is 0 Å². The van der Waals surface area contributed by atoms with E-state index in [1.165, 1.54) is 29.6 Å². The lowest BCUT2D eigenvalue weighted by Crippen LogP contribution is -1.95. The molecule has 0 saturated heterocycles. The largest absolute Gasteiger partial charge is 0.389 e. The maximum Gasteiger partial charge on any atom is 0.176 e. The van der Waals surface area contributed by atoms with Gasteiger partial charge in [-0.1, -0.05) is 6.07 Å². The van der Waals surface area contributed by atoms with Crippen molar-refractivity contribution >= 4 is 23.3 Å². The van der Waals surface area contributed by atoms with Crippen molar-refractivity contribution < 1.29 is 5.11 Å². The summed E-state index contributed by atoms with van der Waals surface area (Å²) >= 11 is 2.74. The van der Waals surface area contributed by atoms with Gasteiger partial charge in [0.25, 0.3) is 0 Å². The molecule has 2 aromatic rings. The predicted molar refractivity (Wildman–Crippen MR) is 58.9 cm³/mol. The van der Waals surface area contributed by atoms with Crippen LogP contribution in [0.2, 0.25) is 0 Å². The van der Waals surface area contributed by atoms with Crippen molar-refractivity contribution in [2.24, 2.45) is 0 Å². The van der Waals surface area contributed by atoms with Gasteiger partial charge in [-0.05, 0) is 36.3 Å². The van der Waals surface area contributed by atoms with Crippen LogP contribution in [-0.2, 0) is 0 Å². The van der Waals surface area contributed by atoms with Gasteiger partial charge in [0.2, 0.25) is 0 Å². The van der Waals surface area contributed by atoms with E-state index in [1.807, 2.05) is 12.1 Å². The molecular formula is C9H9N3OS2. The summed E-state index contributed by atoms with van der Waals surface area (Å²) in [4.78, 5) is 8.28. The summed E-state index contributed by atoms with van der Waals surface area (Å²) in [6.07, 6.45) is 2.70. The van der Waals surface area contributed by atoms with Crippen LogP contribution in [0.1, 0.15) is 18.6 Å². The molecule has 4 nitrogen and oxygen atoms in total. The standard InChI is InChI=1S/C9H9N3OS2/c1-6(13)7-3-2-4-10-8(7)14-9-11-5-12-15-9/h2-6,13H,1H3/t6-/m1/s1.